The summed E-state index contributed by atoms with van der Waals surface area (Å²) in [6, 6.07) is 20.8. The molecule has 0 aliphatic heterocycles. The Labute approximate surface area is 182 Å². The first kappa shape index (κ1) is 22.2. The molecule has 3 rings (SSSR count). The van der Waals surface area contributed by atoms with E-state index in [9.17, 15) is 4.21 Å². The monoisotopic (exact) mass is 464 g/mol. The van der Waals surface area contributed by atoms with Gasteiger partial charge in [-0.3, -0.25) is 0 Å². The van der Waals surface area contributed by atoms with E-state index in [2.05, 4.69) is 50.0 Å². The second-order valence-electron chi connectivity index (χ2n) is 7.95. The van der Waals surface area contributed by atoms with Crippen LogP contribution in [0.3, 0.4) is 0 Å². The highest BCUT2D eigenvalue weighted by Crippen LogP contribution is 2.40. The van der Waals surface area contributed by atoms with Crippen LogP contribution in [0.4, 0.5) is 0 Å². The molecular formula is C21H25ClN2O2S2Si. The molecule has 0 fully saturated rings. The molecule has 0 spiro atoms. The van der Waals surface area contributed by atoms with E-state index in [0.29, 0.717) is 5.69 Å². The van der Waals surface area contributed by atoms with Gasteiger partial charge in [0.15, 0.2) is 8.94 Å². The lowest BCUT2D eigenvalue weighted by atomic mass is 10.2. The van der Waals surface area contributed by atoms with Gasteiger partial charge in [0.25, 0.3) is 8.32 Å². The van der Waals surface area contributed by atoms with Gasteiger partial charge in [-0.15, -0.1) is 11.3 Å². The third-order valence-electron chi connectivity index (χ3n) is 4.91. The average molecular weight is 465 g/mol. The summed E-state index contributed by atoms with van der Waals surface area (Å²) in [6.07, 6.45) is -0.343. The summed E-state index contributed by atoms with van der Waals surface area (Å²) < 4.78 is 26.5. The van der Waals surface area contributed by atoms with Crippen LogP contribution in [0.2, 0.25) is 5.04 Å². The van der Waals surface area contributed by atoms with Gasteiger partial charge in [0.1, 0.15) is 0 Å². The molecule has 0 bridgehead atoms. The van der Waals surface area contributed by atoms with Gasteiger partial charge >= 0.3 is 0 Å². The van der Waals surface area contributed by atoms with Gasteiger partial charge in [0.2, 0.25) is 4.34 Å². The Kier molecular flexibility index (Phi) is 6.36. The summed E-state index contributed by atoms with van der Waals surface area (Å²) in [5.41, 5.74) is 0.651. The second kappa shape index (κ2) is 8.32. The van der Waals surface area contributed by atoms with E-state index >= 15 is 0 Å². The van der Waals surface area contributed by atoms with Gasteiger partial charge in [-0.25, -0.2) is 14.0 Å². The number of halogens is 1. The summed E-state index contributed by atoms with van der Waals surface area (Å²) in [5.74, 6) is 0. The average Bonchev–Trinajstić information content (AvgIpc) is 3.17. The molecule has 0 aliphatic rings. The fraction of sp³-hybridized carbons (Fsp3) is 0.286. The topological polar surface area (TPSA) is 63.0 Å². The largest absolute Gasteiger partial charge is 0.399 e. The number of rotatable bonds is 6. The molecule has 0 amide bonds. The quantitative estimate of drug-likeness (QED) is 0.395. The number of hydrogen-bond donors (Lipinski definition) is 1. The van der Waals surface area contributed by atoms with Crippen molar-refractivity contribution in [2.75, 3.05) is 0 Å². The van der Waals surface area contributed by atoms with Crippen LogP contribution in [-0.2, 0) is 13.4 Å². The molecule has 0 saturated carbocycles. The Hall–Kier alpha value is -1.51. The van der Waals surface area contributed by atoms with Crippen molar-refractivity contribution in [1.29, 1.82) is 4.78 Å². The first-order chi connectivity index (χ1) is 13.6. The Balaban J connectivity index is 2.14. The lowest BCUT2D eigenvalue weighted by molar-refractivity contribution is 0.206. The van der Waals surface area contributed by atoms with Gasteiger partial charge in [-0.2, -0.15) is 0 Å². The molecule has 2 unspecified atom stereocenters. The normalized spacial score (nSPS) is 15.6. The molecule has 1 aromatic heterocycles. The van der Waals surface area contributed by atoms with E-state index in [1.165, 1.54) is 10.4 Å². The Morgan fingerprint density at radius 2 is 1.55 bits per heavy atom. The van der Waals surface area contributed by atoms with Gasteiger partial charge in [0, 0.05) is 16.1 Å². The molecule has 3 aromatic rings. The van der Waals surface area contributed by atoms with E-state index in [1.54, 1.807) is 5.38 Å². The van der Waals surface area contributed by atoms with Crippen LogP contribution in [0.5, 0.6) is 0 Å². The minimum atomic E-state index is -3.36. The highest BCUT2D eigenvalue weighted by Gasteiger charge is 2.51. The number of thiazole rings is 1. The smallest absolute Gasteiger partial charge is 0.261 e. The third kappa shape index (κ3) is 4.49. The van der Waals surface area contributed by atoms with Crippen LogP contribution in [0.15, 0.2) is 70.4 Å². The highest BCUT2D eigenvalue weighted by atomic mass is 35.7. The van der Waals surface area contributed by atoms with E-state index in [1.807, 2.05) is 43.3 Å². The molecule has 154 valence electrons. The molecule has 4 nitrogen and oxygen atoms in total. The van der Waals surface area contributed by atoms with E-state index in [4.69, 9.17) is 19.9 Å². The second-order valence-corrected chi connectivity index (χ2v) is 16.0. The molecule has 1 heterocycles. The van der Waals surface area contributed by atoms with Crippen LogP contribution >= 0.6 is 22.0 Å². The number of nitrogens with one attached hydrogen (secondary N) is 1. The van der Waals surface area contributed by atoms with Crippen molar-refractivity contribution in [3.8, 4) is 0 Å². The summed E-state index contributed by atoms with van der Waals surface area (Å²) in [4.78, 5) is 4.36. The van der Waals surface area contributed by atoms with Crippen molar-refractivity contribution in [3.05, 3.63) is 71.7 Å². The Morgan fingerprint density at radius 3 is 1.93 bits per heavy atom. The van der Waals surface area contributed by atoms with Gasteiger partial charge in [-0.05, 0) is 22.3 Å². The van der Waals surface area contributed by atoms with Crippen molar-refractivity contribution < 1.29 is 8.63 Å². The SMILES string of the molecule is CC(O[Si](c1ccccc1)(c1ccccc1)C(C)(C)C)c1csc(S(=N)(=O)Cl)n1. The Bertz CT molecular complexity index is 1030. The number of nitrogens with zero attached hydrogens (tertiary/aromatic N) is 1. The summed E-state index contributed by atoms with van der Waals surface area (Å²) in [6.45, 7) is 8.60. The minimum absolute atomic E-state index is 0.118. The molecule has 8 heteroatoms. The lowest BCUT2D eigenvalue weighted by Crippen LogP contribution is -2.66. The van der Waals surface area contributed by atoms with Gasteiger partial charge in [-0.1, -0.05) is 81.4 Å². The van der Waals surface area contributed by atoms with Crippen LogP contribution < -0.4 is 10.4 Å². The maximum atomic E-state index is 11.9. The van der Waals surface area contributed by atoms with Crippen LogP contribution in [-0.4, -0.2) is 17.5 Å². The molecule has 2 aromatic carbocycles. The predicted molar refractivity (Wildman–Crippen MR) is 124 cm³/mol. The van der Waals surface area contributed by atoms with Crippen molar-refractivity contribution in [1.82, 2.24) is 4.98 Å². The Morgan fingerprint density at radius 1 is 1.07 bits per heavy atom. The van der Waals surface area contributed by atoms with Crippen LogP contribution in [0, 0.1) is 4.78 Å². The van der Waals surface area contributed by atoms with Crippen LogP contribution in [0.1, 0.15) is 39.5 Å². The summed E-state index contributed by atoms with van der Waals surface area (Å²) >= 11 is 1.14. The molecule has 0 saturated heterocycles. The first-order valence-electron chi connectivity index (χ1n) is 9.28. The molecule has 29 heavy (non-hydrogen) atoms. The van der Waals surface area contributed by atoms with Crippen molar-refractivity contribution in [3.63, 3.8) is 0 Å². The molecular weight excluding hydrogens is 440 g/mol. The zero-order chi connectivity index (χ0) is 21.3. The maximum Gasteiger partial charge on any atom is 0.261 e. The van der Waals surface area contributed by atoms with Crippen molar-refractivity contribution in [2.45, 2.75) is 43.2 Å². The molecule has 0 aliphatic carbocycles. The maximum absolute atomic E-state index is 11.9. The summed E-state index contributed by atoms with van der Waals surface area (Å²) in [7, 11) is -0.391. The number of benzene rings is 2. The fourth-order valence-electron chi connectivity index (χ4n) is 3.59. The molecule has 1 N–H and O–H groups in total. The van der Waals surface area contributed by atoms with Crippen molar-refractivity contribution in [2.24, 2.45) is 0 Å². The highest BCUT2D eigenvalue weighted by molar-refractivity contribution is 8.15. The van der Waals surface area contributed by atoms with E-state index in [-0.39, 0.29) is 15.5 Å². The zero-order valence-corrected chi connectivity index (χ0v) is 20.3. The van der Waals surface area contributed by atoms with E-state index in [0.717, 1.165) is 11.3 Å². The molecule has 0 radical (unpaired) electrons. The molecule has 2 atom stereocenters. The van der Waals surface area contributed by atoms with Gasteiger partial charge < -0.3 is 4.43 Å². The standard InChI is InChI=1S/C21H25ClN2O2S2Si/c1-16(19-15-27-20(24-19)28(22,23)25)26-29(21(2,3)4,17-11-7-5-8-12-17)18-13-9-6-10-14-18/h5-16,23H,1-4H3. The lowest BCUT2D eigenvalue weighted by Gasteiger charge is -2.44. The van der Waals surface area contributed by atoms with E-state index < -0.39 is 17.3 Å². The number of aromatic nitrogens is 1. The third-order valence-corrected chi connectivity index (χ3v) is 12.9. The predicted octanol–water partition coefficient (Wildman–Crippen LogP) is 5.34. The van der Waals surface area contributed by atoms with Crippen molar-refractivity contribution >= 4 is 49.7 Å². The zero-order valence-electron chi connectivity index (χ0n) is 16.9. The minimum Gasteiger partial charge on any atom is -0.399 e. The summed E-state index contributed by atoms with van der Waals surface area (Å²) in [5, 5.41) is 4.00. The van der Waals surface area contributed by atoms with Crippen LogP contribution in [0.25, 0.3) is 0 Å². The number of hydrogen-bond acceptors (Lipinski definition) is 5. The first-order valence-corrected chi connectivity index (χ1v) is 14.5. The van der Waals surface area contributed by atoms with Gasteiger partial charge in [0.05, 0.1) is 11.8 Å². The fourth-order valence-corrected chi connectivity index (χ4v) is 10.2.